The molecule has 134 valence electrons. The summed E-state index contributed by atoms with van der Waals surface area (Å²) in [4.78, 5) is 37.6. The quantitative estimate of drug-likeness (QED) is 0.737. The number of hydrogen-bond acceptors (Lipinski definition) is 4. The topological polar surface area (TPSA) is 63.7 Å². The highest BCUT2D eigenvalue weighted by Gasteiger charge is 2.38. The van der Waals surface area contributed by atoms with E-state index in [0.29, 0.717) is 12.0 Å². The maximum Gasteiger partial charge on any atom is 0.417 e. The van der Waals surface area contributed by atoms with E-state index in [1.54, 1.807) is 0 Å². The molecule has 1 saturated heterocycles. The van der Waals surface area contributed by atoms with Gasteiger partial charge in [-0.3, -0.25) is 9.59 Å². The second-order valence-corrected chi connectivity index (χ2v) is 6.05. The number of cyclic esters (lactones) is 1. The zero-order valence-corrected chi connectivity index (χ0v) is 14.1. The van der Waals surface area contributed by atoms with Crippen LogP contribution in [0.4, 0.5) is 9.18 Å². The first-order chi connectivity index (χ1) is 12.6. The molecule has 2 aromatic carbocycles. The number of benzene rings is 2. The fourth-order valence-corrected chi connectivity index (χ4v) is 2.92. The molecule has 0 bridgehead atoms. The number of halogens is 1. The Balaban J connectivity index is 1.57. The minimum Gasteiger partial charge on any atom is -0.446 e. The Morgan fingerprint density at radius 1 is 1.04 bits per heavy atom. The van der Waals surface area contributed by atoms with Crippen molar-refractivity contribution in [1.82, 2.24) is 4.90 Å². The van der Waals surface area contributed by atoms with Gasteiger partial charge in [0.2, 0.25) is 5.91 Å². The van der Waals surface area contributed by atoms with Crippen LogP contribution in [0.3, 0.4) is 0 Å². The molecular formula is C20H18FNO4. The van der Waals surface area contributed by atoms with Crippen molar-refractivity contribution < 1.29 is 23.5 Å². The molecule has 3 rings (SSSR count). The molecule has 26 heavy (non-hydrogen) atoms. The summed E-state index contributed by atoms with van der Waals surface area (Å²) in [7, 11) is 0. The van der Waals surface area contributed by atoms with E-state index >= 15 is 0 Å². The van der Waals surface area contributed by atoms with E-state index in [9.17, 15) is 18.8 Å². The largest absolute Gasteiger partial charge is 0.446 e. The van der Waals surface area contributed by atoms with Gasteiger partial charge in [0.25, 0.3) is 0 Å². The van der Waals surface area contributed by atoms with Crippen LogP contribution in [0.2, 0.25) is 0 Å². The second-order valence-electron chi connectivity index (χ2n) is 6.05. The molecule has 0 radical (unpaired) electrons. The van der Waals surface area contributed by atoms with E-state index in [0.717, 1.165) is 10.5 Å². The Labute approximate surface area is 150 Å². The van der Waals surface area contributed by atoms with Crippen LogP contribution in [0.25, 0.3) is 0 Å². The Bertz CT molecular complexity index is 804. The molecule has 1 fully saturated rings. The number of carbonyl (C=O) groups is 3. The number of rotatable bonds is 6. The molecule has 1 heterocycles. The maximum absolute atomic E-state index is 12.9. The number of ether oxygens (including phenoxy) is 1. The zero-order chi connectivity index (χ0) is 18.5. The van der Waals surface area contributed by atoms with Gasteiger partial charge in [0.15, 0.2) is 5.78 Å². The average Bonchev–Trinajstić information content (AvgIpc) is 3.04. The first-order valence-electron chi connectivity index (χ1n) is 8.39. The van der Waals surface area contributed by atoms with Crippen LogP contribution in [0.15, 0.2) is 54.6 Å². The Morgan fingerprint density at radius 2 is 1.73 bits per heavy atom. The number of ketones is 1. The van der Waals surface area contributed by atoms with Gasteiger partial charge in [0, 0.05) is 18.4 Å². The third kappa shape index (κ3) is 3.96. The highest BCUT2D eigenvalue weighted by molar-refractivity contribution is 5.97. The molecule has 0 aromatic heterocycles. The lowest BCUT2D eigenvalue weighted by Gasteiger charge is -2.19. The molecule has 1 atom stereocenters. The third-order valence-corrected chi connectivity index (χ3v) is 4.29. The predicted molar refractivity (Wildman–Crippen MR) is 92.0 cm³/mol. The Kier molecular flexibility index (Phi) is 5.41. The standard InChI is InChI=1S/C20H18FNO4/c21-16-11-9-15(10-12-16)18(23)7-4-8-19(24)22-17(13-26-20(22)25)14-5-2-1-3-6-14/h1-3,5-6,9-12,17H,4,7-8,13H2/t17-/m1/s1. The summed E-state index contributed by atoms with van der Waals surface area (Å²) in [5, 5.41) is 0. The summed E-state index contributed by atoms with van der Waals surface area (Å²) in [5.41, 5.74) is 1.23. The van der Waals surface area contributed by atoms with Gasteiger partial charge in [-0.25, -0.2) is 14.1 Å². The molecule has 1 aliphatic rings. The van der Waals surface area contributed by atoms with Crippen molar-refractivity contribution in [3.8, 4) is 0 Å². The molecule has 0 saturated carbocycles. The van der Waals surface area contributed by atoms with Crippen LogP contribution in [-0.2, 0) is 9.53 Å². The van der Waals surface area contributed by atoms with E-state index in [4.69, 9.17) is 4.74 Å². The lowest BCUT2D eigenvalue weighted by Crippen LogP contribution is -2.34. The van der Waals surface area contributed by atoms with E-state index in [1.807, 2.05) is 30.3 Å². The lowest BCUT2D eigenvalue weighted by atomic mass is 10.0. The number of imide groups is 1. The number of Topliss-reactive ketones (excluding diaryl/α,β-unsaturated/α-hetero) is 1. The van der Waals surface area contributed by atoms with Crippen molar-refractivity contribution in [1.29, 1.82) is 0 Å². The summed E-state index contributed by atoms with van der Waals surface area (Å²) in [6.07, 6.45) is -0.143. The number of hydrogen-bond donors (Lipinski definition) is 0. The summed E-state index contributed by atoms with van der Waals surface area (Å²) in [5.74, 6) is -0.939. The van der Waals surface area contributed by atoms with Crippen LogP contribution in [-0.4, -0.2) is 29.3 Å². The molecule has 0 spiro atoms. The van der Waals surface area contributed by atoms with E-state index in [1.165, 1.54) is 24.3 Å². The molecule has 1 aliphatic heterocycles. The average molecular weight is 355 g/mol. The van der Waals surface area contributed by atoms with Crippen LogP contribution < -0.4 is 0 Å². The number of amides is 2. The van der Waals surface area contributed by atoms with Gasteiger partial charge >= 0.3 is 6.09 Å². The first kappa shape index (κ1) is 17.8. The first-order valence-corrected chi connectivity index (χ1v) is 8.39. The van der Waals surface area contributed by atoms with Gasteiger partial charge < -0.3 is 4.74 Å². The molecule has 0 unspecified atom stereocenters. The van der Waals surface area contributed by atoms with E-state index in [2.05, 4.69) is 0 Å². The summed E-state index contributed by atoms with van der Waals surface area (Å²) in [6, 6.07) is 14.1. The number of carbonyl (C=O) groups excluding carboxylic acids is 3. The second kappa shape index (κ2) is 7.91. The van der Waals surface area contributed by atoms with Crippen molar-refractivity contribution >= 4 is 17.8 Å². The van der Waals surface area contributed by atoms with Gasteiger partial charge in [0.1, 0.15) is 18.5 Å². The summed E-state index contributed by atoms with van der Waals surface area (Å²) < 4.78 is 17.9. The van der Waals surface area contributed by atoms with Crippen LogP contribution >= 0.6 is 0 Å². The Hall–Kier alpha value is -3.02. The maximum atomic E-state index is 12.9. The molecule has 6 heteroatoms. The zero-order valence-electron chi connectivity index (χ0n) is 14.1. The summed E-state index contributed by atoms with van der Waals surface area (Å²) >= 11 is 0. The van der Waals surface area contributed by atoms with Crippen molar-refractivity contribution in [2.24, 2.45) is 0 Å². The van der Waals surface area contributed by atoms with Crippen molar-refractivity contribution in [3.05, 3.63) is 71.5 Å². The smallest absolute Gasteiger partial charge is 0.417 e. The predicted octanol–water partition coefficient (Wildman–Crippen LogP) is 3.90. The molecular weight excluding hydrogens is 337 g/mol. The normalized spacial score (nSPS) is 16.4. The molecule has 5 nitrogen and oxygen atoms in total. The molecule has 0 N–H and O–H groups in total. The van der Waals surface area contributed by atoms with Crippen LogP contribution in [0.1, 0.15) is 41.2 Å². The highest BCUT2D eigenvalue weighted by atomic mass is 19.1. The number of nitrogens with zero attached hydrogens (tertiary/aromatic N) is 1. The molecule has 2 aromatic rings. The highest BCUT2D eigenvalue weighted by Crippen LogP contribution is 2.28. The van der Waals surface area contributed by atoms with Crippen molar-refractivity contribution in [3.63, 3.8) is 0 Å². The fraction of sp³-hybridized carbons (Fsp3) is 0.250. The van der Waals surface area contributed by atoms with Crippen LogP contribution in [0.5, 0.6) is 0 Å². The third-order valence-electron chi connectivity index (χ3n) is 4.29. The van der Waals surface area contributed by atoms with E-state index in [-0.39, 0.29) is 31.1 Å². The van der Waals surface area contributed by atoms with Crippen molar-refractivity contribution in [2.45, 2.75) is 25.3 Å². The van der Waals surface area contributed by atoms with E-state index < -0.39 is 18.0 Å². The fourth-order valence-electron chi connectivity index (χ4n) is 2.92. The minimum atomic E-state index is -0.659. The van der Waals surface area contributed by atoms with Gasteiger partial charge in [-0.05, 0) is 36.2 Å². The van der Waals surface area contributed by atoms with Crippen LogP contribution in [0, 0.1) is 5.82 Å². The monoisotopic (exact) mass is 355 g/mol. The van der Waals surface area contributed by atoms with Crippen molar-refractivity contribution in [2.75, 3.05) is 6.61 Å². The molecule has 0 aliphatic carbocycles. The Morgan fingerprint density at radius 3 is 2.42 bits per heavy atom. The minimum absolute atomic E-state index is 0.0609. The van der Waals surface area contributed by atoms with Gasteiger partial charge in [0.05, 0.1) is 0 Å². The summed E-state index contributed by atoms with van der Waals surface area (Å²) in [6.45, 7) is 0.128. The van der Waals surface area contributed by atoms with Gasteiger partial charge in [-0.2, -0.15) is 0 Å². The van der Waals surface area contributed by atoms with Gasteiger partial charge in [-0.1, -0.05) is 30.3 Å². The molecule has 2 amide bonds. The lowest BCUT2D eigenvalue weighted by molar-refractivity contribution is -0.129. The SMILES string of the molecule is O=C(CCCC(=O)N1C(=O)OC[C@@H]1c1ccccc1)c1ccc(F)cc1. The van der Waals surface area contributed by atoms with Gasteiger partial charge in [-0.15, -0.1) is 0 Å².